The van der Waals surface area contributed by atoms with E-state index in [2.05, 4.69) is 10.6 Å². The summed E-state index contributed by atoms with van der Waals surface area (Å²) in [4.78, 5) is 35.3. The Labute approximate surface area is 145 Å². The van der Waals surface area contributed by atoms with Crippen LogP contribution in [-0.4, -0.2) is 35.6 Å². The van der Waals surface area contributed by atoms with Gasteiger partial charge in [-0.05, 0) is 39.0 Å². The number of esters is 1. The number of hydrogen-bond donors (Lipinski definition) is 2. The lowest BCUT2D eigenvalue weighted by atomic mass is 10.2. The van der Waals surface area contributed by atoms with E-state index in [1.807, 2.05) is 17.6 Å². The lowest BCUT2D eigenvalue weighted by molar-refractivity contribution is -0.127. The molecule has 2 aromatic rings. The van der Waals surface area contributed by atoms with E-state index in [9.17, 15) is 14.4 Å². The predicted octanol–water partition coefficient (Wildman–Crippen LogP) is 1.75. The second-order valence-electron chi connectivity index (χ2n) is 5.57. The highest BCUT2D eigenvalue weighted by Crippen LogP contribution is 2.19. The largest absolute Gasteiger partial charge is 0.467 e. The van der Waals surface area contributed by atoms with Crippen molar-refractivity contribution in [3.05, 3.63) is 47.2 Å². The van der Waals surface area contributed by atoms with Crippen molar-refractivity contribution < 1.29 is 23.5 Å². The number of nitrogens with one attached hydrogen (secondary N) is 2. The van der Waals surface area contributed by atoms with Crippen LogP contribution in [0.3, 0.4) is 0 Å². The molecule has 0 bridgehead atoms. The highest BCUT2D eigenvalue weighted by Gasteiger charge is 2.23. The van der Waals surface area contributed by atoms with Crippen LogP contribution in [0.5, 0.6) is 0 Å². The monoisotopic (exact) mass is 347 g/mol. The standard InChI is InChI=1S/C17H21N3O5/c1-10-8-14(11(2)20(10)9-13-6-5-7-24-13)16(22)25-12(3)15(21)19-17(23)18-4/h5-8,12H,9H2,1-4H3,(H2,18,19,21,23). The summed E-state index contributed by atoms with van der Waals surface area (Å²) >= 11 is 0. The first-order valence-corrected chi connectivity index (χ1v) is 7.76. The molecule has 2 N–H and O–H groups in total. The highest BCUT2D eigenvalue weighted by molar-refractivity contribution is 5.98. The SMILES string of the molecule is CNC(=O)NC(=O)C(C)OC(=O)c1cc(C)n(Cc2ccco2)c1C. The minimum absolute atomic E-state index is 0.364. The molecule has 0 aliphatic carbocycles. The highest BCUT2D eigenvalue weighted by atomic mass is 16.5. The average molecular weight is 347 g/mol. The fraction of sp³-hybridized carbons (Fsp3) is 0.353. The van der Waals surface area contributed by atoms with Crippen LogP contribution in [-0.2, 0) is 16.1 Å². The second-order valence-corrected chi connectivity index (χ2v) is 5.57. The maximum Gasteiger partial charge on any atom is 0.340 e. The van der Waals surface area contributed by atoms with Gasteiger partial charge in [0.1, 0.15) is 5.76 Å². The minimum atomic E-state index is -1.10. The summed E-state index contributed by atoms with van der Waals surface area (Å²) in [5.41, 5.74) is 1.93. The number of carbonyl (C=O) groups excluding carboxylic acids is 3. The van der Waals surface area contributed by atoms with Gasteiger partial charge in [-0.3, -0.25) is 10.1 Å². The third kappa shape index (κ3) is 4.28. The molecule has 0 aliphatic heterocycles. The van der Waals surface area contributed by atoms with Gasteiger partial charge in [0.05, 0.1) is 18.4 Å². The van der Waals surface area contributed by atoms with Gasteiger partial charge in [-0.15, -0.1) is 0 Å². The van der Waals surface area contributed by atoms with Crippen LogP contribution in [0.15, 0.2) is 28.9 Å². The van der Waals surface area contributed by atoms with E-state index in [1.54, 1.807) is 25.3 Å². The minimum Gasteiger partial charge on any atom is -0.467 e. The van der Waals surface area contributed by atoms with Crippen LogP contribution in [0, 0.1) is 13.8 Å². The van der Waals surface area contributed by atoms with Crippen molar-refractivity contribution in [2.45, 2.75) is 33.4 Å². The molecule has 8 heteroatoms. The Morgan fingerprint density at radius 2 is 2.04 bits per heavy atom. The van der Waals surface area contributed by atoms with Gasteiger partial charge in [-0.25, -0.2) is 9.59 Å². The first-order valence-electron chi connectivity index (χ1n) is 7.76. The molecule has 134 valence electrons. The fourth-order valence-corrected chi connectivity index (χ4v) is 2.36. The number of hydrogen-bond acceptors (Lipinski definition) is 5. The van der Waals surface area contributed by atoms with Gasteiger partial charge in [0.2, 0.25) is 0 Å². The van der Waals surface area contributed by atoms with Crippen molar-refractivity contribution in [3.8, 4) is 0 Å². The van der Waals surface area contributed by atoms with Crippen LogP contribution in [0.1, 0.15) is 34.4 Å². The Morgan fingerprint density at radius 1 is 1.32 bits per heavy atom. The summed E-state index contributed by atoms with van der Waals surface area (Å²) in [6, 6.07) is 4.68. The maximum absolute atomic E-state index is 12.4. The zero-order valence-corrected chi connectivity index (χ0v) is 14.6. The Kier molecular flexibility index (Phi) is 5.63. The quantitative estimate of drug-likeness (QED) is 0.802. The third-order valence-electron chi connectivity index (χ3n) is 3.80. The van der Waals surface area contributed by atoms with Crippen molar-refractivity contribution in [1.82, 2.24) is 15.2 Å². The molecule has 8 nitrogen and oxygen atoms in total. The summed E-state index contributed by atoms with van der Waals surface area (Å²) in [6.07, 6.45) is 0.490. The topological polar surface area (TPSA) is 103 Å². The Morgan fingerprint density at radius 3 is 2.64 bits per heavy atom. The van der Waals surface area contributed by atoms with Gasteiger partial charge in [0.15, 0.2) is 6.10 Å². The first-order chi connectivity index (χ1) is 11.8. The molecule has 0 saturated heterocycles. The summed E-state index contributed by atoms with van der Waals surface area (Å²) < 4.78 is 12.4. The second kappa shape index (κ2) is 7.69. The van der Waals surface area contributed by atoms with E-state index in [4.69, 9.17) is 9.15 Å². The lowest BCUT2D eigenvalue weighted by Gasteiger charge is -2.13. The molecular formula is C17H21N3O5. The molecule has 3 amide bonds. The van der Waals surface area contributed by atoms with Crippen LogP contribution in [0.25, 0.3) is 0 Å². The summed E-state index contributed by atoms with van der Waals surface area (Å²) in [6.45, 7) is 5.55. The normalized spacial score (nSPS) is 11.7. The zero-order chi connectivity index (χ0) is 18.6. The van der Waals surface area contributed by atoms with E-state index < -0.39 is 24.0 Å². The van der Waals surface area contributed by atoms with Crippen LogP contribution < -0.4 is 10.6 Å². The Hall–Kier alpha value is -3.03. The van der Waals surface area contributed by atoms with Gasteiger partial charge in [-0.1, -0.05) is 0 Å². The van der Waals surface area contributed by atoms with Crippen molar-refractivity contribution in [2.75, 3.05) is 7.05 Å². The van der Waals surface area contributed by atoms with Crippen LogP contribution in [0.2, 0.25) is 0 Å². The molecule has 2 rings (SSSR count). The van der Waals surface area contributed by atoms with Gasteiger partial charge in [0.25, 0.3) is 5.91 Å². The summed E-state index contributed by atoms with van der Waals surface area (Å²) in [7, 11) is 1.38. The molecule has 0 spiro atoms. The van der Waals surface area contributed by atoms with E-state index in [-0.39, 0.29) is 0 Å². The third-order valence-corrected chi connectivity index (χ3v) is 3.80. The number of aromatic nitrogens is 1. The summed E-state index contributed by atoms with van der Waals surface area (Å²) in [5.74, 6) is -0.560. The van der Waals surface area contributed by atoms with Gasteiger partial charge in [-0.2, -0.15) is 0 Å². The number of nitrogens with zero attached hydrogens (tertiary/aromatic N) is 1. The van der Waals surface area contributed by atoms with E-state index in [0.717, 1.165) is 11.5 Å². The zero-order valence-electron chi connectivity index (χ0n) is 14.6. The number of furan rings is 1. The van der Waals surface area contributed by atoms with Crippen LogP contribution in [0.4, 0.5) is 4.79 Å². The number of aryl methyl sites for hydroxylation is 1. The molecular weight excluding hydrogens is 326 g/mol. The molecule has 0 saturated carbocycles. The van der Waals surface area contributed by atoms with Gasteiger partial charge in [0, 0.05) is 18.4 Å². The fourth-order valence-electron chi connectivity index (χ4n) is 2.36. The molecule has 2 aromatic heterocycles. The van der Waals surface area contributed by atoms with Crippen molar-refractivity contribution in [1.29, 1.82) is 0 Å². The van der Waals surface area contributed by atoms with Gasteiger partial charge >= 0.3 is 12.0 Å². The van der Waals surface area contributed by atoms with Crippen molar-refractivity contribution in [2.24, 2.45) is 0 Å². The number of urea groups is 1. The first kappa shape index (κ1) is 18.3. The predicted molar refractivity (Wildman–Crippen MR) is 89.2 cm³/mol. The molecule has 0 fully saturated rings. The van der Waals surface area contributed by atoms with Crippen LogP contribution >= 0.6 is 0 Å². The molecule has 1 unspecified atom stereocenters. The number of imide groups is 1. The van der Waals surface area contributed by atoms with Crippen molar-refractivity contribution in [3.63, 3.8) is 0 Å². The molecule has 0 radical (unpaired) electrons. The van der Waals surface area contributed by atoms with E-state index in [0.29, 0.717) is 17.8 Å². The maximum atomic E-state index is 12.4. The molecule has 2 heterocycles. The molecule has 0 aliphatic rings. The molecule has 0 aromatic carbocycles. The van der Waals surface area contributed by atoms with E-state index in [1.165, 1.54) is 14.0 Å². The number of amides is 3. The Bertz CT molecular complexity index is 777. The average Bonchev–Trinajstić information content (AvgIpc) is 3.18. The Balaban J connectivity index is 2.09. The number of rotatable bonds is 5. The molecule has 1 atom stereocenters. The van der Waals surface area contributed by atoms with Crippen molar-refractivity contribution >= 4 is 17.9 Å². The molecule has 25 heavy (non-hydrogen) atoms. The summed E-state index contributed by atoms with van der Waals surface area (Å²) in [5, 5.41) is 4.32. The number of carbonyl (C=O) groups is 3. The van der Waals surface area contributed by atoms with E-state index >= 15 is 0 Å². The van der Waals surface area contributed by atoms with Gasteiger partial charge < -0.3 is 19.0 Å². The smallest absolute Gasteiger partial charge is 0.340 e. The number of ether oxygens (including phenoxy) is 1. The lowest BCUT2D eigenvalue weighted by Crippen LogP contribution is -2.43.